The Morgan fingerprint density at radius 2 is 1.79 bits per heavy atom. The number of nitrogens with zero attached hydrogens (tertiary/aromatic N) is 2. The number of carbonyl (C=O) groups is 1. The molecule has 0 unspecified atom stereocenters. The van der Waals surface area contributed by atoms with E-state index in [-0.39, 0.29) is 0 Å². The number of anilines is 2. The van der Waals surface area contributed by atoms with Crippen LogP contribution in [-0.2, 0) is 17.7 Å². The molecule has 5 N–H and O–H groups in total. The first-order valence-electron chi connectivity index (χ1n) is 11.2. The highest BCUT2D eigenvalue weighted by Crippen LogP contribution is 2.26. The summed E-state index contributed by atoms with van der Waals surface area (Å²) in [7, 11) is 0. The van der Waals surface area contributed by atoms with E-state index in [2.05, 4.69) is 45.5 Å². The van der Waals surface area contributed by atoms with Crippen LogP contribution >= 0.6 is 0 Å². The third-order valence-corrected chi connectivity index (χ3v) is 6.09. The number of aryl methyl sites for hydroxylation is 3. The van der Waals surface area contributed by atoms with Gasteiger partial charge in [-0.3, -0.25) is 9.89 Å². The Labute approximate surface area is 193 Å². The topological polar surface area (TPSA) is 116 Å². The Hall–Kier alpha value is -3.52. The maximum Gasteiger partial charge on any atom is 0.254 e. The largest absolute Gasteiger partial charge is 0.507 e. The van der Waals surface area contributed by atoms with Crippen molar-refractivity contribution in [2.75, 3.05) is 36.5 Å². The minimum Gasteiger partial charge on any atom is -0.507 e. The van der Waals surface area contributed by atoms with Crippen LogP contribution in [-0.4, -0.2) is 47.5 Å². The maximum atomic E-state index is 12.3. The minimum absolute atomic E-state index is 0.300. The van der Waals surface area contributed by atoms with Crippen LogP contribution in [0.1, 0.15) is 43.9 Å². The molecule has 0 bridgehead atoms. The van der Waals surface area contributed by atoms with Crippen molar-refractivity contribution in [2.45, 2.75) is 33.7 Å². The first kappa shape index (κ1) is 22.7. The molecule has 1 amide bonds. The first-order chi connectivity index (χ1) is 15.8. The predicted molar refractivity (Wildman–Crippen MR) is 129 cm³/mol. The third-order valence-electron chi connectivity index (χ3n) is 6.09. The zero-order valence-corrected chi connectivity index (χ0v) is 19.4. The molecule has 0 aliphatic carbocycles. The molecule has 3 aromatic rings. The van der Waals surface area contributed by atoms with Gasteiger partial charge in [0.05, 0.1) is 18.9 Å². The Balaban J connectivity index is 1.51. The number of phenols is 1. The molecular formula is C25H31N5O3. The molecule has 1 fully saturated rings. The summed E-state index contributed by atoms with van der Waals surface area (Å²) in [4.78, 5) is 14.6. The average molecular weight is 450 g/mol. The van der Waals surface area contributed by atoms with Gasteiger partial charge in [-0.2, -0.15) is 5.10 Å². The van der Waals surface area contributed by atoms with Gasteiger partial charge in [-0.25, -0.2) is 0 Å². The fraction of sp³-hybridized carbons (Fsp3) is 0.360. The highest BCUT2D eigenvalue weighted by molar-refractivity contribution is 5.99. The molecular weight excluding hydrogens is 418 g/mol. The van der Waals surface area contributed by atoms with Gasteiger partial charge in [0.1, 0.15) is 11.3 Å². The smallest absolute Gasteiger partial charge is 0.254 e. The number of primary amides is 1. The lowest BCUT2D eigenvalue weighted by Crippen LogP contribution is -2.36. The van der Waals surface area contributed by atoms with Crippen molar-refractivity contribution < 1.29 is 14.6 Å². The number of aromatic nitrogens is 2. The fourth-order valence-corrected chi connectivity index (χ4v) is 4.42. The lowest BCUT2D eigenvalue weighted by molar-refractivity contribution is 0.100. The van der Waals surface area contributed by atoms with Crippen molar-refractivity contribution in [3.8, 4) is 5.75 Å². The van der Waals surface area contributed by atoms with E-state index in [0.29, 0.717) is 35.8 Å². The van der Waals surface area contributed by atoms with Gasteiger partial charge in [-0.1, -0.05) is 24.3 Å². The molecule has 0 spiro atoms. The molecule has 2 aromatic carbocycles. The van der Waals surface area contributed by atoms with Gasteiger partial charge in [0, 0.05) is 31.7 Å². The van der Waals surface area contributed by atoms with Crippen molar-refractivity contribution in [1.82, 2.24) is 10.2 Å². The molecule has 1 aliphatic rings. The summed E-state index contributed by atoms with van der Waals surface area (Å²) in [6, 6.07) is 10.2. The first-order valence-corrected chi connectivity index (χ1v) is 11.2. The zero-order valence-electron chi connectivity index (χ0n) is 19.4. The standard InChI is InChI=1S/C25H31N5O3/c1-15-10-18(4-5-21(15)30-6-8-33-9-7-30)13-20-22(24(26)32)25(29-28-20)27-14-19-11-16(2)23(31)17(3)12-19/h4-5,10-12,31H,6-9,13-14H2,1-3H3,(H2,26,32)(H2,27,28,29). The summed E-state index contributed by atoms with van der Waals surface area (Å²) in [5.74, 6) is 0.206. The number of amides is 1. The van der Waals surface area contributed by atoms with Crippen molar-refractivity contribution in [3.05, 3.63) is 69.4 Å². The number of aromatic hydroxyl groups is 1. The van der Waals surface area contributed by atoms with Crippen LogP contribution in [0, 0.1) is 20.8 Å². The Morgan fingerprint density at radius 3 is 2.42 bits per heavy atom. The summed E-state index contributed by atoms with van der Waals surface area (Å²) >= 11 is 0. The molecule has 2 heterocycles. The van der Waals surface area contributed by atoms with E-state index in [1.54, 1.807) is 0 Å². The molecule has 1 saturated heterocycles. The number of benzene rings is 2. The summed E-state index contributed by atoms with van der Waals surface area (Å²) in [5, 5.41) is 20.5. The maximum absolute atomic E-state index is 12.3. The van der Waals surface area contributed by atoms with Gasteiger partial charge < -0.3 is 25.8 Å². The van der Waals surface area contributed by atoms with Crippen LogP contribution in [0.4, 0.5) is 11.5 Å². The summed E-state index contributed by atoms with van der Waals surface area (Å²) in [5.41, 5.74) is 12.8. The van der Waals surface area contributed by atoms with E-state index in [1.807, 2.05) is 26.0 Å². The second kappa shape index (κ2) is 9.54. The number of carbonyl (C=O) groups excluding carboxylic acids is 1. The number of nitrogens with two attached hydrogens (primary N) is 1. The van der Waals surface area contributed by atoms with Crippen LogP contribution in [0.3, 0.4) is 0 Å². The van der Waals surface area contributed by atoms with Crippen molar-refractivity contribution in [2.24, 2.45) is 5.73 Å². The van der Waals surface area contributed by atoms with Crippen molar-refractivity contribution in [1.29, 1.82) is 0 Å². The fourth-order valence-electron chi connectivity index (χ4n) is 4.42. The van der Waals surface area contributed by atoms with Crippen molar-refractivity contribution in [3.63, 3.8) is 0 Å². The Morgan fingerprint density at radius 1 is 1.12 bits per heavy atom. The highest BCUT2D eigenvalue weighted by atomic mass is 16.5. The Kier molecular flexibility index (Phi) is 6.55. The number of H-pyrrole nitrogens is 1. The SMILES string of the molecule is Cc1cc(Cc2[nH]nc(NCc3cc(C)c(O)c(C)c3)c2C(N)=O)ccc1N1CCOCC1. The molecule has 0 radical (unpaired) electrons. The zero-order chi connectivity index (χ0) is 23.5. The third kappa shape index (κ3) is 4.96. The normalized spacial score (nSPS) is 13.8. The molecule has 33 heavy (non-hydrogen) atoms. The Bertz CT molecular complexity index is 1140. The summed E-state index contributed by atoms with van der Waals surface area (Å²) in [6.07, 6.45) is 0.522. The number of aromatic amines is 1. The molecule has 0 atom stereocenters. The van der Waals surface area contributed by atoms with Gasteiger partial charge in [0.15, 0.2) is 5.82 Å². The number of nitrogens with one attached hydrogen (secondary N) is 2. The van der Waals surface area contributed by atoms with Crippen LogP contribution in [0.2, 0.25) is 0 Å². The van der Waals surface area contributed by atoms with Crippen molar-refractivity contribution >= 4 is 17.4 Å². The van der Waals surface area contributed by atoms with E-state index in [4.69, 9.17) is 10.5 Å². The van der Waals surface area contributed by atoms with E-state index < -0.39 is 5.91 Å². The van der Waals surface area contributed by atoms with Gasteiger partial charge >= 0.3 is 0 Å². The summed E-state index contributed by atoms with van der Waals surface area (Å²) < 4.78 is 5.45. The number of phenolic OH excluding ortho intramolecular Hbond substituents is 1. The van der Waals surface area contributed by atoms with E-state index in [9.17, 15) is 9.90 Å². The van der Waals surface area contributed by atoms with E-state index in [0.717, 1.165) is 48.6 Å². The summed E-state index contributed by atoms with van der Waals surface area (Å²) in [6.45, 7) is 9.56. The van der Waals surface area contributed by atoms with Crippen LogP contribution < -0.4 is 16.0 Å². The molecule has 1 aromatic heterocycles. The molecule has 4 rings (SSSR count). The van der Waals surface area contributed by atoms with Gasteiger partial charge in [-0.15, -0.1) is 0 Å². The number of morpholine rings is 1. The van der Waals surface area contributed by atoms with Crippen LogP contribution in [0.15, 0.2) is 30.3 Å². The molecule has 174 valence electrons. The lowest BCUT2D eigenvalue weighted by atomic mass is 10.0. The van der Waals surface area contributed by atoms with Gasteiger partial charge in [0.25, 0.3) is 5.91 Å². The molecule has 8 heteroatoms. The highest BCUT2D eigenvalue weighted by Gasteiger charge is 2.20. The minimum atomic E-state index is -0.527. The lowest BCUT2D eigenvalue weighted by Gasteiger charge is -2.30. The predicted octanol–water partition coefficient (Wildman–Crippen LogP) is 3.18. The number of ether oxygens (including phenoxy) is 1. The second-order valence-corrected chi connectivity index (χ2v) is 8.62. The van der Waals surface area contributed by atoms with E-state index in [1.165, 1.54) is 11.3 Å². The number of hydrogen-bond donors (Lipinski definition) is 4. The van der Waals surface area contributed by atoms with Crippen LogP contribution in [0.25, 0.3) is 0 Å². The van der Waals surface area contributed by atoms with Gasteiger partial charge in [-0.05, 0) is 54.7 Å². The molecule has 0 saturated carbocycles. The number of hydrogen-bond acceptors (Lipinski definition) is 6. The van der Waals surface area contributed by atoms with Gasteiger partial charge in [0.2, 0.25) is 0 Å². The second-order valence-electron chi connectivity index (χ2n) is 8.62. The monoisotopic (exact) mass is 449 g/mol. The quantitative estimate of drug-likeness (QED) is 0.440. The molecule has 8 nitrogen and oxygen atoms in total. The van der Waals surface area contributed by atoms with E-state index >= 15 is 0 Å². The number of rotatable bonds is 7. The average Bonchev–Trinajstić information content (AvgIpc) is 3.19. The van der Waals surface area contributed by atoms with Crippen LogP contribution in [0.5, 0.6) is 5.75 Å². The molecule has 1 aliphatic heterocycles.